The average Bonchev–Trinajstić information content (AvgIpc) is 3.03. The summed E-state index contributed by atoms with van der Waals surface area (Å²) < 4.78 is 26.4. The van der Waals surface area contributed by atoms with Gasteiger partial charge in [0, 0.05) is 22.8 Å². The molecule has 1 amide bonds. The molecule has 1 aromatic heterocycles. The molecular formula is C19H14F2N2O. The lowest BCUT2D eigenvalue weighted by molar-refractivity contribution is 0.102. The number of nitrogens with one attached hydrogen (secondary N) is 1. The molecule has 120 valence electrons. The molecule has 0 saturated heterocycles. The molecule has 1 aliphatic carbocycles. The number of aromatic nitrogens is 1. The standard InChI is InChI=1S/C19H14F2N2O/c20-14-9-8-11(10-15(14)21)22-19(24)18-12-4-1-2-6-16(12)23-17-7-3-5-13(17)18/h1-2,4,6,8-10H,3,5,7H2,(H,22,24). The number of para-hydroxylation sites is 1. The van der Waals surface area contributed by atoms with E-state index in [1.165, 1.54) is 6.07 Å². The molecule has 0 atom stereocenters. The highest BCUT2D eigenvalue weighted by Gasteiger charge is 2.23. The van der Waals surface area contributed by atoms with Gasteiger partial charge >= 0.3 is 0 Å². The molecule has 1 N–H and O–H groups in total. The third-order valence-electron chi connectivity index (χ3n) is 4.32. The number of carbonyl (C=O) groups excluding carboxylic acids is 1. The molecular weight excluding hydrogens is 310 g/mol. The maximum absolute atomic E-state index is 13.4. The molecule has 3 aromatic rings. The zero-order valence-corrected chi connectivity index (χ0v) is 12.8. The number of hydrogen-bond acceptors (Lipinski definition) is 2. The van der Waals surface area contributed by atoms with Crippen LogP contribution in [0.4, 0.5) is 14.5 Å². The molecule has 1 aliphatic rings. The highest BCUT2D eigenvalue weighted by atomic mass is 19.2. The molecule has 0 bridgehead atoms. The van der Waals surface area contributed by atoms with Gasteiger partial charge in [-0.2, -0.15) is 0 Å². The number of benzene rings is 2. The quantitative estimate of drug-likeness (QED) is 0.765. The van der Waals surface area contributed by atoms with Gasteiger partial charge in [-0.1, -0.05) is 18.2 Å². The number of carbonyl (C=O) groups is 1. The molecule has 0 spiro atoms. The SMILES string of the molecule is O=C(Nc1ccc(F)c(F)c1)c1c2c(nc3ccccc13)CCC2. The second-order valence-corrected chi connectivity index (χ2v) is 5.87. The summed E-state index contributed by atoms with van der Waals surface area (Å²) >= 11 is 0. The van der Waals surface area contributed by atoms with Gasteiger partial charge in [-0.05, 0) is 43.0 Å². The lowest BCUT2D eigenvalue weighted by Crippen LogP contribution is -2.16. The van der Waals surface area contributed by atoms with Gasteiger partial charge in [-0.15, -0.1) is 0 Å². The van der Waals surface area contributed by atoms with Gasteiger partial charge in [0.1, 0.15) is 0 Å². The van der Waals surface area contributed by atoms with Crippen LogP contribution in [-0.2, 0) is 12.8 Å². The van der Waals surface area contributed by atoms with Crippen molar-refractivity contribution in [3.63, 3.8) is 0 Å². The Bertz CT molecular complexity index is 969. The van der Waals surface area contributed by atoms with E-state index in [2.05, 4.69) is 10.3 Å². The summed E-state index contributed by atoms with van der Waals surface area (Å²) in [5.41, 5.74) is 3.48. The fourth-order valence-corrected chi connectivity index (χ4v) is 3.24. The van der Waals surface area contributed by atoms with Gasteiger partial charge in [0.25, 0.3) is 5.91 Å². The Morgan fingerprint density at radius 2 is 1.88 bits per heavy atom. The van der Waals surface area contributed by atoms with E-state index in [4.69, 9.17) is 0 Å². The number of halogens is 2. The molecule has 24 heavy (non-hydrogen) atoms. The molecule has 5 heteroatoms. The van der Waals surface area contributed by atoms with Crippen molar-refractivity contribution in [3.8, 4) is 0 Å². The van der Waals surface area contributed by atoms with E-state index >= 15 is 0 Å². The lowest BCUT2D eigenvalue weighted by atomic mass is 10.0. The minimum Gasteiger partial charge on any atom is -0.322 e. The largest absolute Gasteiger partial charge is 0.322 e. The van der Waals surface area contributed by atoms with E-state index in [0.717, 1.165) is 53.6 Å². The van der Waals surface area contributed by atoms with Crippen molar-refractivity contribution in [1.82, 2.24) is 4.98 Å². The van der Waals surface area contributed by atoms with E-state index in [-0.39, 0.29) is 11.6 Å². The number of fused-ring (bicyclic) bond motifs is 2. The number of amides is 1. The summed E-state index contributed by atoms with van der Waals surface area (Å²) in [6.45, 7) is 0. The van der Waals surface area contributed by atoms with Gasteiger partial charge in [-0.25, -0.2) is 8.78 Å². The van der Waals surface area contributed by atoms with Crippen LogP contribution in [-0.4, -0.2) is 10.9 Å². The second-order valence-electron chi connectivity index (χ2n) is 5.87. The van der Waals surface area contributed by atoms with Crippen LogP contribution in [0.1, 0.15) is 28.0 Å². The number of pyridine rings is 1. The summed E-state index contributed by atoms with van der Waals surface area (Å²) in [6, 6.07) is 10.8. The van der Waals surface area contributed by atoms with Gasteiger partial charge in [0.05, 0.1) is 11.1 Å². The minimum absolute atomic E-state index is 0.228. The zero-order valence-electron chi connectivity index (χ0n) is 12.8. The maximum atomic E-state index is 13.4. The molecule has 0 saturated carbocycles. The first-order valence-electron chi connectivity index (χ1n) is 7.80. The van der Waals surface area contributed by atoms with Crippen LogP contribution in [0.25, 0.3) is 10.9 Å². The normalized spacial score (nSPS) is 13.1. The van der Waals surface area contributed by atoms with Crippen LogP contribution < -0.4 is 5.32 Å². The molecule has 0 radical (unpaired) electrons. The Morgan fingerprint density at radius 1 is 1.04 bits per heavy atom. The molecule has 0 fully saturated rings. The highest BCUT2D eigenvalue weighted by molar-refractivity contribution is 6.13. The molecule has 4 rings (SSSR count). The smallest absolute Gasteiger partial charge is 0.256 e. The number of aryl methyl sites for hydroxylation is 1. The van der Waals surface area contributed by atoms with Crippen molar-refractivity contribution in [2.45, 2.75) is 19.3 Å². The van der Waals surface area contributed by atoms with Crippen molar-refractivity contribution in [1.29, 1.82) is 0 Å². The van der Waals surface area contributed by atoms with Crippen molar-refractivity contribution in [3.05, 3.63) is 70.9 Å². The van der Waals surface area contributed by atoms with Gasteiger partial charge in [0.15, 0.2) is 11.6 Å². The lowest BCUT2D eigenvalue weighted by Gasteiger charge is -2.13. The first-order chi connectivity index (χ1) is 11.6. The number of nitrogens with zero attached hydrogens (tertiary/aromatic N) is 1. The predicted molar refractivity (Wildman–Crippen MR) is 88.1 cm³/mol. The molecule has 1 heterocycles. The van der Waals surface area contributed by atoms with Crippen molar-refractivity contribution >= 4 is 22.5 Å². The van der Waals surface area contributed by atoms with Crippen LogP contribution in [0.5, 0.6) is 0 Å². The molecule has 2 aromatic carbocycles. The summed E-state index contributed by atoms with van der Waals surface area (Å²) in [6.07, 6.45) is 2.61. The Kier molecular flexibility index (Phi) is 3.49. The van der Waals surface area contributed by atoms with Crippen LogP contribution >= 0.6 is 0 Å². The maximum Gasteiger partial charge on any atom is 0.256 e. The number of rotatable bonds is 2. The van der Waals surface area contributed by atoms with Gasteiger partial charge in [0.2, 0.25) is 0 Å². The first kappa shape index (κ1) is 14.8. The van der Waals surface area contributed by atoms with E-state index in [1.54, 1.807) is 0 Å². The third-order valence-corrected chi connectivity index (χ3v) is 4.32. The third kappa shape index (κ3) is 2.42. The van der Waals surface area contributed by atoms with Crippen molar-refractivity contribution in [2.24, 2.45) is 0 Å². The zero-order chi connectivity index (χ0) is 16.7. The Morgan fingerprint density at radius 3 is 2.71 bits per heavy atom. The monoisotopic (exact) mass is 324 g/mol. The molecule has 0 aliphatic heterocycles. The minimum atomic E-state index is -0.988. The summed E-state index contributed by atoms with van der Waals surface area (Å²) in [4.78, 5) is 17.5. The summed E-state index contributed by atoms with van der Waals surface area (Å²) in [5.74, 6) is -2.25. The van der Waals surface area contributed by atoms with Crippen LogP contribution in [0.15, 0.2) is 42.5 Å². The Balaban J connectivity index is 1.80. The number of anilines is 1. The average molecular weight is 324 g/mol. The van der Waals surface area contributed by atoms with Crippen molar-refractivity contribution in [2.75, 3.05) is 5.32 Å². The molecule has 3 nitrogen and oxygen atoms in total. The van der Waals surface area contributed by atoms with Crippen LogP contribution in [0.2, 0.25) is 0 Å². The molecule has 0 unspecified atom stereocenters. The van der Waals surface area contributed by atoms with Crippen LogP contribution in [0, 0.1) is 11.6 Å². The number of hydrogen-bond donors (Lipinski definition) is 1. The fourth-order valence-electron chi connectivity index (χ4n) is 3.24. The van der Waals surface area contributed by atoms with Crippen LogP contribution in [0.3, 0.4) is 0 Å². The van der Waals surface area contributed by atoms with E-state index in [9.17, 15) is 13.6 Å². The van der Waals surface area contributed by atoms with Crippen molar-refractivity contribution < 1.29 is 13.6 Å². The first-order valence-corrected chi connectivity index (χ1v) is 7.80. The van der Waals surface area contributed by atoms with Gasteiger partial charge < -0.3 is 5.32 Å². The fraction of sp³-hybridized carbons (Fsp3) is 0.158. The van der Waals surface area contributed by atoms with E-state index in [1.807, 2.05) is 24.3 Å². The summed E-state index contributed by atoms with van der Waals surface area (Å²) in [7, 11) is 0. The highest BCUT2D eigenvalue weighted by Crippen LogP contribution is 2.30. The van der Waals surface area contributed by atoms with E-state index < -0.39 is 11.6 Å². The van der Waals surface area contributed by atoms with Gasteiger partial charge in [-0.3, -0.25) is 9.78 Å². The Hall–Kier alpha value is -2.82. The second kappa shape index (κ2) is 5.67. The Labute approximate surface area is 137 Å². The topological polar surface area (TPSA) is 42.0 Å². The predicted octanol–water partition coefficient (Wildman–Crippen LogP) is 4.25. The summed E-state index contributed by atoms with van der Waals surface area (Å²) in [5, 5.41) is 3.45. The van der Waals surface area contributed by atoms with E-state index in [0.29, 0.717) is 5.56 Å².